The summed E-state index contributed by atoms with van der Waals surface area (Å²) < 4.78 is 5.14. The van der Waals surface area contributed by atoms with Crippen LogP contribution >= 0.6 is 0 Å². The molecule has 25 heavy (non-hydrogen) atoms. The van der Waals surface area contributed by atoms with Crippen molar-refractivity contribution >= 4 is 23.4 Å². The Hall–Kier alpha value is -2.96. The standard InChI is InChI=1S/C18H22N4O3/c1-12(2)25-18(24)13(3)11-19-16-10-9-15(21-22-16)17(23)20-14-7-5-4-6-8-14/h4-10,12-13H,11H2,1-3H3,(H,19,22)(H,20,23). The number of carbonyl (C=O) groups excluding carboxylic acids is 2. The van der Waals surface area contributed by atoms with Crippen LogP contribution in [0.1, 0.15) is 31.3 Å². The maximum absolute atomic E-state index is 12.1. The predicted molar refractivity (Wildman–Crippen MR) is 95.3 cm³/mol. The monoisotopic (exact) mass is 342 g/mol. The molecule has 132 valence electrons. The van der Waals surface area contributed by atoms with Crippen LogP contribution in [0.15, 0.2) is 42.5 Å². The Morgan fingerprint density at radius 2 is 1.76 bits per heavy atom. The first-order chi connectivity index (χ1) is 12.0. The molecule has 1 heterocycles. The van der Waals surface area contributed by atoms with Gasteiger partial charge in [-0.3, -0.25) is 9.59 Å². The Balaban J connectivity index is 1.87. The van der Waals surface area contributed by atoms with Crippen molar-refractivity contribution in [2.24, 2.45) is 5.92 Å². The summed E-state index contributed by atoms with van der Waals surface area (Å²) in [5, 5.41) is 13.6. The third-order valence-electron chi connectivity index (χ3n) is 3.27. The fourth-order valence-corrected chi connectivity index (χ4v) is 1.95. The van der Waals surface area contributed by atoms with Gasteiger partial charge in [0.05, 0.1) is 12.0 Å². The highest BCUT2D eigenvalue weighted by atomic mass is 16.5. The molecule has 7 heteroatoms. The van der Waals surface area contributed by atoms with Crippen LogP contribution in [0.3, 0.4) is 0 Å². The van der Waals surface area contributed by atoms with Gasteiger partial charge in [0.1, 0.15) is 5.82 Å². The summed E-state index contributed by atoms with van der Waals surface area (Å²) >= 11 is 0. The van der Waals surface area contributed by atoms with E-state index >= 15 is 0 Å². The molecule has 0 radical (unpaired) electrons. The minimum atomic E-state index is -0.334. The third-order valence-corrected chi connectivity index (χ3v) is 3.27. The van der Waals surface area contributed by atoms with Crippen molar-refractivity contribution in [2.45, 2.75) is 26.9 Å². The lowest BCUT2D eigenvalue weighted by atomic mass is 10.2. The van der Waals surface area contributed by atoms with Gasteiger partial charge in [-0.2, -0.15) is 0 Å². The van der Waals surface area contributed by atoms with Gasteiger partial charge in [-0.15, -0.1) is 10.2 Å². The number of hydrogen-bond acceptors (Lipinski definition) is 6. The molecule has 0 aliphatic carbocycles. The predicted octanol–water partition coefficient (Wildman–Crippen LogP) is 2.73. The van der Waals surface area contributed by atoms with Gasteiger partial charge in [-0.1, -0.05) is 25.1 Å². The normalized spacial score (nSPS) is 11.7. The summed E-state index contributed by atoms with van der Waals surface area (Å²) in [5.41, 5.74) is 0.899. The number of nitrogens with one attached hydrogen (secondary N) is 2. The van der Waals surface area contributed by atoms with Crippen LogP contribution in [-0.4, -0.2) is 34.7 Å². The average molecular weight is 342 g/mol. The quantitative estimate of drug-likeness (QED) is 0.752. The molecular weight excluding hydrogens is 320 g/mol. The molecule has 0 fully saturated rings. The van der Waals surface area contributed by atoms with Crippen molar-refractivity contribution in [3.8, 4) is 0 Å². The number of aromatic nitrogens is 2. The van der Waals surface area contributed by atoms with Gasteiger partial charge in [0.15, 0.2) is 5.69 Å². The Bertz CT molecular complexity index is 702. The number of para-hydroxylation sites is 1. The van der Waals surface area contributed by atoms with E-state index in [1.807, 2.05) is 32.0 Å². The van der Waals surface area contributed by atoms with E-state index in [1.165, 1.54) is 0 Å². The number of rotatable bonds is 7. The molecule has 2 N–H and O–H groups in total. The molecule has 0 saturated heterocycles. The molecule has 1 aromatic carbocycles. The molecule has 0 spiro atoms. The smallest absolute Gasteiger partial charge is 0.310 e. The van der Waals surface area contributed by atoms with Gasteiger partial charge in [-0.05, 0) is 38.1 Å². The number of hydrogen-bond donors (Lipinski definition) is 2. The summed E-state index contributed by atoms with van der Waals surface area (Å²) in [6.45, 7) is 5.76. The van der Waals surface area contributed by atoms with E-state index < -0.39 is 0 Å². The molecule has 0 aliphatic heterocycles. The first-order valence-electron chi connectivity index (χ1n) is 8.10. The molecular formula is C18H22N4O3. The van der Waals surface area contributed by atoms with Crippen molar-refractivity contribution in [2.75, 3.05) is 17.2 Å². The van der Waals surface area contributed by atoms with E-state index in [2.05, 4.69) is 20.8 Å². The Kier molecular flexibility index (Phi) is 6.45. The van der Waals surface area contributed by atoms with Crippen molar-refractivity contribution in [3.05, 3.63) is 48.2 Å². The van der Waals surface area contributed by atoms with E-state index in [1.54, 1.807) is 31.2 Å². The Labute approximate surface area is 146 Å². The number of carbonyl (C=O) groups is 2. The maximum Gasteiger partial charge on any atom is 0.310 e. The lowest BCUT2D eigenvalue weighted by molar-refractivity contribution is -0.151. The lowest BCUT2D eigenvalue weighted by Gasteiger charge is -2.14. The molecule has 2 aromatic rings. The van der Waals surface area contributed by atoms with Crippen molar-refractivity contribution < 1.29 is 14.3 Å². The van der Waals surface area contributed by atoms with Gasteiger partial charge in [0, 0.05) is 12.2 Å². The van der Waals surface area contributed by atoms with Crippen LogP contribution in [0.4, 0.5) is 11.5 Å². The zero-order valence-electron chi connectivity index (χ0n) is 14.5. The number of anilines is 2. The van der Waals surface area contributed by atoms with Crippen LogP contribution in [0.5, 0.6) is 0 Å². The molecule has 1 unspecified atom stereocenters. The zero-order valence-corrected chi connectivity index (χ0v) is 14.5. The van der Waals surface area contributed by atoms with Crippen LogP contribution in [-0.2, 0) is 9.53 Å². The summed E-state index contributed by atoms with van der Waals surface area (Å²) in [4.78, 5) is 23.8. The minimum Gasteiger partial charge on any atom is -0.463 e. The second-order valence-corrected chi connectivity index (χ2v) is 5.89. The number of benzene rings is 1. The molecule has 0 bridgehead atoms. The van der Waals surface area contributed by atoms with Gasteiger partial charge >= 0.3 is 5.97 Å². The van der Waals surface area contributed by atoms with Gasteiger partial charge in [-0.25, -0.2) is 0 Å². The lowest BCUT2D eigenvalue weighted by Crippen LogP contribution is -2.25. The Morgan fingerprint density at radius 1 is 1.04 bits per heavy atom. The first kappa shape index (κ1) is 18.4. The van der Waals surface area contributed by atoms with E-state index in [0.29, 0.717) is 18.1 Å². The van der Waals surface area contributed by atoms with E-state index in [9.17, 15) is 9.59 Å². The van der Waals surface area contributed by atoms with Crippen LogP contribution in [0, 0.1) is 5.92 Å². The largest absolute Gasteiger partial charge is 0.463 e. The SMILES string of the molecule is CC(C)OC(=O)C(C)CNc1ccc(C(=O)Nc2ccccc2)nn1. The van der Waals surface area contributed by atoms with E-state index in [4.69, 9.17) is 4.74 Å². The van der Waals surface area contributed by atoms with E-state index in [-0.39, 0.29) is 29.6 Å². The highest BCUT2D eigenvalue weighted by Gasteiger charge is 2.16. The van der Waals surface area contributed by atoms with Crippen LogP contribution in [0.2, 0.25) is 0 Å². The van der Waals surface area contributed by atoms with Gasteiger partial charge in [0.2, 0.25) is 0 Å². The highest BCUT2D eigenvalue weighted by molar-refractivity contribution is 6.02. The zero-order chi connectivity index (χ0) is 18.2. The number of esters is 1. The van der Waals surface area contributed by atoms with Crippen LogP contribution < -0.4 is 10.6 Å². The average Bonchev–Trinajstić information content (AvgIpc) is 2.60. The molecule has 0 saturated carbocycles. The molecule has 1 atom stereocenters. The summed E-state index contributed by atoms with van der Waals surface area (Å²) in [6.07, 6.45) is -0.142. The van der Waals surface area contributed by atoms with Crippen molar-refractivity contribution in [1.82, 2.24) is 10.2 Å². The fourth-order valence-electron chi connectivity index (χ4n) is 1.95. The van der Waals surface area contributed by atoms with Crippen molar-refractivity contribution in [3.63, 3.8) is 0 Å². The summed E-state index contributed by atoms with van der Waals surface area (Å²) in [7, 11) is 0. The molecule has 1 aromatic heterocycles. The number of nitrogens with zero attached hydrogens (tertiary/aromatic N) is 2. The second kappa shape index (κ2) is 8.77. The molecule has 2 rings (SSSR count). The minimum absolute atomic E-state index is 0.142. The first-order valence-corrected chi connectivity index (χ1v) is 8.10. The molecule has 0 aliphatic rings. The fraction of sp³-hybridized carbons (Fsp3) is 0.333. The molecule has 1 amide bonds. The van der Waals surface area contributed by atoms with Crippen LogP contribution in [0.25, 0.3) is 0 Å². The van der Waals surface area contributed by atoms with Crippen molar-refractivity contribution in [1.29, 1.82) is 0 Å². The Morgan fingerprint density at radius 3 is 2.36 bits per heavy atom. The number of amides is 1. The topological polar surface area (TPSA) is 93.2 Å². The summed E-state index contributed by atoms with van der Waals surface area (Å²) in [6, 6.07) is 12.3. The third kappa shape index (κ3) is 5.87. The van der Waals surface area contributed by atoms with E-state index in [0.717, 1.165) is 0 Å². The summed E-state index contributed by atoms with van der Waals surface area (Å²) in [5.74, 6) is -0.431. The maximum atomic E-state index is 12.1. The van der Waals surface area contributed by atoms with Gasteiger partial charge < -0.3 is 15.4 Å². The van der Waals surface area contributed by atoms with Gasteiger partial charge in [0.25, 0.3) is 5.91 Å². The number of ether oxygens (including phenoxy) is 1. The second-order valence-electron chi connectivity index (χ2n) is 5.89. The highest BCUT2D eigenvalue weighted by Crippen LogP contribution is 2.09. The molecule has 7 nitrogen and oxygen atoms in total.